The summed E-state index contributed by atoms with van der Waals surface area (Å²) in [7, 11) is 0. The lowest BCUT2D eigenvalue weighted by molar-refractivity contribution is 0.0167. The zero-order valence-corrected chi connectivity index (χ0v) is 8.55. The Balaban J connectivity index is 1.78. The molecule has 1 rings (SSSR count). The fourth-order valence-electron chi connectivity index (χ4n) is 1.47. The molecule has 0 aromatic carbocycles. The number of hydrogen-bond acceptors (Lipinski definition) is 3. The molecule has 0 radical (unpaired) electrons. The van der Waals surface area contributed by atoms with Crippen LogP contribution in [0.5, 0.6) is 0 Å². The summed E-state index contributed by atoms with van der Waals surface area (Å²) >= 11 is 0. The highest BCUT2D eigenvalue weighted by Crippen LogP contribution is 2.11. The third kappa shape index (κ3) is 5.24. The van der Waals surface area contributed by atoms with Crippen molar-refractivity contribution in [2.75, 3.05) is 32.9 Å². The van der Waals surface area contributed by atoms with Gasteiger partial charge in [0, 0.05) is 13.2 Å². The van der Waals surface area contributed by atoms with E-state index >= 15 is 0 Å². The van der Waals surface area contributed by atoms with Crippen LogP contribution in [-0.4, -0.2) is 39.0 Å². The van der Waals surface area contributed by atoms with Crippen LogP contribution in [0.4, 0.5) is 0 Å². The monoisotopic (exact) mass is 187 g/mol. The molecular formula is C10H21NO2. The van der Waals surface area contributed by atoms with Gasteiger partial charge >= 0.3 is 0 Å². The summed E-state index contributed by atoms with van der Waals surface area (Å²) in [6.45, 7) is 6.78. The Morgan fingerprint density at radius 1 is 1.54 bits per heavy atom. The Morgan fingerprint density at radius 3 is 3.15 bits per heavy atom. The Kier molecular flexibility index (Phi) is 6.15. The number of nitrogens with one attached hydrogen (secondary N) is 1. The van der Waals surface area contributed by atoms with Crippen molar-refractivity contribution in [3.63, 3.8) is 0 Å². The normalized spacial score (nSPS) is 22.4. The summed E-state index contributed by atoms with van der Waals surface area (Å²) in [5.74, 6) is 0. The van der Waals surface area contributed by atoms with Gasteiger partial charge in [0.05, 0.1) is 12.7 Å². The smallest absolute Gasteiger partial charge is 0.0809 e. The van der Waals surface area contributed by atoms with Crippen LogP contribution < -0.4 is 5.32 Å². The minimum atomic E-state index is 0.374. The summed E-state index contributed by atoms with van der Waals surface area (Å²) in [5.41, 5.74) is 0. The molecule has 3 nitrogen and oxygen atoms in total. The van der Waals surface area contributed by atoms with Crippen molar-refractivity contribution in [1.82, 2.24) is 5.32 Å². The summed E-state index contributed by atoms with van der Waals surface area (Å²) in [6.07, 6.45) is 3.85. The second-order valence-electron chi connectivity index (χ2n) is 3.42. The second kappa shape index (κ2) is 7.30. The molecule has 1 saturated heterocycles. The van der Waals surface area contributed by atoms with Crippen LogP contribution in [0.25, 0.3) is 0 Å². The summed E-state index contributed by atoms with van der Waals surface area (Å²) in [6, 6.07) is 0. The Labute approximate surface area is 80.8 Å². The van der Waals surface area contributed by atoms with Gasteiger partial charge in [-0.15, -0.1) is 0 Å². The fraction of sp³-hybridized carbons (Fsp3) is 1.00. The average molecular weight is 187 g/mol. The topological polar surface area (TPSA) is 30.5 Å². The van der Waals surface area contributed by atoms with E-state index in [0.29, 0.717) is 6.10 Å². The lowest BCUT2D eigenvalue weighted by atomic mass is 10.2. The van der Waals surface area contributed by atoms with Gasteiger partial charge in [-0.1, -0.05) is 6.92 Å². The Bertz CT molecular complexity index is 113. The lowest BCUT2D eigenvalue weighted by Crippen LogP contribution is -2.18. The van der Waals surface area contributed by atoms with Crippen LogP contribution in [0.2, 0.25) is 0 Å². The van der Waals surface area contributed by atoms with Gasteiger partial charge < -0.3 is 14.8 Å². The maximum absolute atomic E-state index is 5.50. The van der Waals surface area contributed by atoms with Crippen LogP contribution in [0.1, 0.15) is 26.2 Å². The molecule has 3 heteroatoms. The first-order valence-electron chi connectivity index (χ1n) is 5.33. The molecule has 0 spiro atoms. The van der Waals surface area contributed by atoms with E-state index in [1.807, 2.05) is 0 Å². The molecule has 1 N–H and O–H groups in total. The van der Waals surface area contributed by atoms with E-state index in [1.165, 1.54) is 12.8 Å². The molecule has 13 heavy (non-hydrogen) atoms. The first-order chi connectivity index (χ1) is 6.43. The van der Waals surface area contributed by atoms with Gasteiger partial charge in [0.1, 0.15) is 0 Å². The number of rotatable bonds is 7. The zero-order valence-electron chi connectivity index (χ0n) is 8.55. The van der Waals surface area contributed by atoms with E-state index in [1.54, 1.807) is 0 Å². The van der Waals surface area contributed by atoms with Gasteiger partial charge in [-0.25, -0.2) is 0 Å². The van der Waals surface area contributed by atoms with Crippen molar-refractivity contribution >= 4 is 0 Å². The van der Waals surface area contributed by atoms with E-state index in [4.69, 9.17) is 9.47 Å². The van der Waals surface area contributed by atoms with Crippen LogP contribution in [-0.2, 0) is 9.47 Å². The predicted molar refractivity (Wildman–Crippen MR) is 53.0 cm³/mol. The van der Waals surface area contributed by atoms with E-state index in [2.05, 4.69) is 12.2 Å². The van der Waals surface area contributed by atoms with Crippen molar-refractivity contribution in [1.29, 1.82) is 0 Å². The third-order valence-electron chi connectivity index (χ3n) is 2.22. The molecule has 1 unspecified atom stereocenters. The number of ether oxygens (including phenoxy) is 2. The largest absolute Gasteiger partial charge is 0.379 e. The van der Waals surface area contributed by atoms with Crippen molar-refractivity contribution in [3.8, 4) is 0 Å². The summed E-state index contributed by atoms with van der Waals surface area (Å²) in [5, 5.41) is 3.27. The molecular weight excluding hydrogens is 166 g/mol. The van der Waals surface area contributed by atoms with Crippen molar-refractivity contribution in [2.45, 2.75) is 32.3 Å². The summed E-state index contributed by atoms with van der Waals surface area (Å²) in [4.78, 5) is 0. The first-order valence-corrected chi connectivity index (χ1v) is 5.33. The lowest BCUT2D eigenvalue weighted by Gasteiger charge is -2.09. The second-order valence-corrected chi connectivity index (χ2v) is 3.42. The number of hydrogen-bond donors (Lipinski definition) is 1. The molecule has 0 bridgehead atoms. The molecule has 1 heterocycles. The molecule has 1 aliphatic heterocycles. The quantitative estimate of drug-likeness (QED) is 0.607. The molecule has 0 aromatic heterocycles. The van der Waals surface area contributed by atoms with Gasteiger partial charge in [-0.05, 0) is 32.4 Å². The summed E-state index contributed by atoms with van der Waals surface area (Å²) < 4.78 is 10.9. The standard InChI is InChI=1S/C10H21NO2/c1-2-11-6-4-7-12-9-10-5-3-8-13-10/h10-11H,2-9H2,1H3. The maximum Gasteiger partial charge on any atom is 0.0809 e. The SMILES string of the molecule is CCNCCCOCC1CCCO1. The highest BCUT2D eigenvalue weighted by Gasteiger charge is 2.14. The fourth-order valence-corrected chi connectivity index (χ4v) is 1.47. The van der Waals surface area contributed by atoms with Gasteiger partial charge in [0.2, 0.25) is 0 Å². The minimum absolute atomic E-state index is 0.374. The van der Waals surface area contributed by atoms with E-state index in [9.17, 15) is 0 Å². The van der Waals surface area contributed by atoms with E-state index in [-0.39, 0.29) is 0 Å². The van der Waals surface area contributed by atoms with E-state index in [0.717, 1.165) is 39.3 Å². The van der Waals surface area contributed by atoms with Crippen molar-refractivity contribution < 1.29 is 9.47 Å². The highest BCUT2D eigenvalue weighted by molar-refractivity contribution is 4.63. The minimum Gasteiger partial charge on any atom is -0.379 e. The van der Waals surface area contributed by atoms with Gasteiger partial charge in [0.25, 0.3) is 0 Å². The third-order valence-corrected chi connectivity index (χ3v) is 2.22. The van der Waals surface area contributed by atoms with Crippen molar-refractivity contribution in [3.05, 3.63) is 0 Å². The van der Waals surface area contributed by atoms with E-state index < -0.39 is 0 Å². The highest BCUT2D eigenvalue weighted by atomic mass is 16.5. The molecule has 78 valence electrons. The Hall–Kier alpha value is -0.120. The predicted octanol–water partition coefficient (Wildman–Crippen LogP) is 1.18. The van der Waals surface area contributed by atoms with Gasteiger partial charge in [0.15, 0.2) is 0 Å². The van der Waals surface area contributed by atoms with Crippen LogP contribution >= 0.6 is 0 Å². The van der Waals surface area contributed by atoms with Crippen molar-refractivity contribution in [2.24, 2.45) is 0 Å². The van der Waals surface area contributed by atoms with Crippen LogP contribution in [0.3, 0.4) is 0 Å². The molecule has 0 amide bonds. The molecule has 1 aliphatic rings. The molecule has 1 atom stereocenters. The zero-order chi connectivity index (χ0) is 9.36. The van der Waals surface area contributed by atoms with Crippen LogP contribution in [0, 0.1) is 0 Å². The van der Waals surface area contributed by atoms with Gasteiger partial charge in [-0.2, -0.15) is 0 Å². The molecule has 0 saturated carbocycles. The Morgan fingerprint density at radius 2 is 2.46 bits per heavy atom. The van der Waals surface area contributed by atoms with Gasteiger partial charge in [-0.3, -0.25) is 0 Å². The first kappa shape index (κ1) is 11.0. The molecule has 1 fully saturated rings. The van der Waals surface area contributed by atoms with Crippen LogP contribution in [0.15, 0.2) is 0 Å². The maximum atomic E-state index is 5.50. The molecule has 0 aromatic rings. The molecule has 0 aliphatic carbocycles. The average Bonchev–Trinajstić information content (AvgIpc) is 2.63.